The Hall–Kier alpha value is -1.35. The van der Waals surface area contributed by atoms with E-state index in [0.29, 0.717) is 12.1 Å². The van der Waals surface area contributed by atoms with Crippen molar-refractivity contribution in [3.8, 4) is 0 Å². The molecule has 1 saturated carbocycles. The maximum atomic E-state index is 11.8. The summed E-state index contributed by atoms with van der Waals surface area (Å²) < 4.78 is 0. The fourth-order valence-corrected chi connectivity index (χ4v) is 4.11. The highest BCUT2D eigenvalue weighted by atomic mass is 127. The summed E-state index contributed by atoms with van der Waals surface area (Å²) in [7, 11) is 1.82. The first-order chi connectivity index (χ1) is 14.2. The molecule has 1 aromatic rings. The van der Waals surface area contributed by atoms with E-state index in [1.807, 2.05) is 7.05 Å². The largest absolute Gasteiger partial charge is 0.356 e. The molecule has 2 atom stereocenters. The predicted molar refractivity (Wildman–Crippen MR) is 134 cm³/mol. The molecule has 3 N–H and O–H groups in total. The molecule has 1 heterocycles. The summed E-state index contributed by atoms with van der Waals surface area (Å²) in [5.74, 6) is 1.37. The molecule has 1 amide bonds. The molecule has 1 aliphatic carbocycles. The highest BCUT2D eigenvalue weighted by Gasteiger charge is 2.26. The normalized spacial score (nSPS) is 22.5. The second-order valence-corrected chi connectivity index (χ2v) is 8.44. The van der Waals surface area contributed by atoms with Crippen molar-refractivity contribution in [2.24, 2.45) is 10.9 Å². The number of amides is 1. The highest BCUT2D eigenvalue weighted by Crippen LogP contribution is 2.26. The van der Waals surface area contributed by atoms with Gasteiger partial charge in [-0.25, -0.2) is 0 Å². The van der Waals surface area contributed by atoms with Gasteiger partial charge in [-0.3, -0.25) is 14.7 Å². The van der Waals surface area contributed by atoms with E-state index in [1.165, 1.54) is 12.0 Å². The van der Waals surface area contributed by atoms with E-state index >= 15 is 0 Å². The predicted octanol–water partition coefficient (Wildman–Crippen LogP) is 3.13. The Balaban J connectivity index is 0.00000320. The van der Waals surface area contributed by atoms with Gasteiger partial charge in [0.15, 0.2) is 5.96 Å². The minimum Gasteiger partial charge on any atom is -0.356 e. The number of nitrogens with one attached hydrogen (secondary N) is 3. The third-order valence-corrected chi connectivity index (χ3v) is 6.23. The second kappa shape index (κ2) is 13.1. The summed E-state index contributed by atoms with van der Waals surface area (Å²) in [5, 5.41) is 10.0. The van der Waals surface area contributed by atoms with Crippen LogP contribution in [0.25, 0.3) is 0 Å². The van der Waals surface area contributed by atoms with Crippen LogP contribution in [0.15, 0.2) is 35.3 Å². The van der Waals surface area contributed by atoms with E-state index in [0.717, 1.165) is 64.2 Å². The lowest BCUT2D eigenvalue weighted by Gasteiger charge is -2.38. The molecule has 7 heteroatoms. The number of aliphatic imine (C=N–C) groups is 1. The second-order valence-electron chi connectivity index (χ2n) is 8.44. The lowest BCUT2D eigenvalue weighted by Crippen LogP contribution is -2.51. The molecule has 2 fully saturated rings. The number of halogens is 1. The molecule has 0 bridgehead atoms. The molecule has 1 aliphatic heterocycles. The summed E-state index contributed by atoms with van der Waals surface area (Å²) in [5.41, 5.74) is 1.38. The Morgan fingerprint density at radius 2 is 1.87 bits per heavy atom. The van der Waals surface area contributed by atoms with E-state index in [-0.39, 0.29) is 35.8 Å². The van der Waals surface area contributed by atoms with E-state index in [1.54, 1.807) is 0 Å². The topological polar surface area (TPSA) is 68.8 Å². The number of hydrogen-bond donors (Lipinski definition) is 3. The lowest BCUT2D eigenvalue weighted by molar-refractivity contribution is -0.127. The van der Waals surface area contributed by atoms with Crippen LogP contribution in [-0.2, 0) is 11.3 Å². The minimum absolute atomic E-state index is 0. The van der Waals surface area contributed by atoms with E-state index in [2.05, 4.69) is 63.1 Å². The zero-order valence-corrected chi connectivity index (χ0v) is 20.7. The average molecular weight is 527 g/mol. The van der Waals surface area contributed by atoms with Crippen LogP contribution in [0.2, 0.25) is 0 Å². The Bertz CT molecular complexity index is 665. The quantitative estimate of drug-likeness (QED) is 0.210. The number of piperidine rings is 1. The number of rotatable bonds is 8. The van der Waals surface area contributed by atoms with Crippen molar-refractivity contribution in [3.63, 3.8) is 0 Å². The molecule has 0 radical (unpaired) electrons. The van der Waals surface area contributed by atoms with Gasteiger partial charge in [-0.15, -0.1) is 24.0 Å². The average Bonchev–Trinajstić information content (AvgIpc) is 2.68. The van der Waals surface area contributed by atoms with E-state index < -0.39 is 0 Å². The third kappa shape index (κ3) is 7.72. The molecule has 168 valence electrons. The minimum atomic E-state index is 0. The number of benzene rings is 1. The van der Waals surface area contributed by atoms with Crippen LogP contribution < -0.4 is 16.0 Å². The van der Waals surface area contributed by atoms with Gasteiger partial charge in [-0.2, -0.15) is 0 Å². The number of hydrogen-bond acceptors (Lipinski definition) is 3. The monoisotopic (exact) mass is 527 g/mol. The van der Waals surface area contributed by atoms with Crippen LogP contribution in [0, 0.1) is 5.92 Å². The van der Waals surface area contributed by atoms with Gasteiger partial charge in [0.2, 0.25) is 5.91 Å². The first-order valence-corrected chi connectivity index (χ1v) is 11.2. The van der Waals surface area contributed by atoms with Crippen molar-refractivity contribution in [2.45, 2.75) is 64.1 Å². The third-order valence-electron chi connectivity index (χ3n) is 6.23. The molecular weight excluding hydrogens is 489 g/mol. The van der Waals surface area contributed by atoms with Crippen molar-refractivity contribution < 1.29 is 4.79 Å². The zero-order valence-electron chi connectivity index (χ0n) is 18.4. The summed E-state index contributed by atoms with van der Waals surface area (Å²) in [4.78, 5) is 18.8. The molecule has 1 saturated heterocycles. The molecule has 2 unspecified atom stereocenters. The summed E-state index contributed by atoms with van der Waals surface area (Å²) in [6, 6.07) is 11.7. The Labute approximate surface area is 198 Å². The van der Waals surface area contributed by atoms with Crippen LogP contribution in [0.1, 0.15) is 51.0 Å². The van der Waals surface area contributed by atoms with E-state index in [9.17, 15) is 4.79 Å². The van der Waals surface area contributed by atoms with Crippen LogP contribution in [-0.4, -0.2) is 55.5 Å². The number of guanidine groups is 1. The van der Waals surface area contributed by atoms with Crippen LogP contribution in [0.5, 0.6) is 0 Å². The van der Waals surface area contributed by atoms with Crippen LogP contribution in [0.3, 0.4) is 0 Å². The van der Waals surface area contributed by atoms with Gasteiger partial charge in [0.25, 0.3) is 0 Å². The summed E-state index contributed by atoms with van der Waals surface area (Å²) >= 11 is 0. The Morgan fingerprint density at radius 1 is 1.13 bits per heavy atom. The Morgan fingerprint density at radius 3 is 2.50 bits per heavy atom. The lowest BCUT2D eigenvalue weighted by atomic mass is 9.85. The van der Waals surface area contributed by atoms with Gasteiger partial charge < -0.3 is 16.0 Å². The first-order valence-electron chi connectivity index (χ1n) is 11.2. The first kappa shape index (κ1) is 24.9. The van der Waals surface area contributed by atoms with Gasteiger partial charge in [-0.05, 0) is 44.6 Å². The smallest absolute Gasteiger partial charge is 0.223 e. The molecule has 0 aromatic heterocycles. The summed E-state index contributed by atoms with van der Waals surface area (Å²) in [6.45, 7) is 5.98. The van der Waals surface area contributed by atoms with Gasteiger partial charge in [0.1, 0.15) is 0 Å². The zero-order chi connectivity index (χ0) is 20.5. The number of likely N-dealkylation sites (tertiary alicyclic amines) is 1. The maximum Gasteiger partial charge on any atom is 0.223 e. The van der Waals surface area contributed by atoms with Crippen molar-refractivity contribution >= 4 is 35.8 Å². The van der Waals surface area contributed by atoms with Crippen LogP contribution in [0.4, 0.5) is 0 Å². The van der Waals surface area contributed by atoms with Crippen LogP contribution >= 0.6 is 24.0 Å². The maximum absolute atomic E-state index is 11.8. The number of carbonyl (C=O) groups excluding carboxylic acids is 1. The molecular formula is C23H38IN5O. The van der Waals surface area contributed by atoms with Gasteiger partial charge in [-0.1, -0.05) is 36.8 Å². The molecule has 3 rings (SSSR count). The summed E-state index contributed by atoms with van der Waals surface area (Å²) in [6.07, 6.45) is 6.46. The standard InChI is InChI=1S/C23H37N5O.HI/c1-18-16-21(12-15-28(18)17-19-8-4-3-5-9-19)27-23(24-2)26-14-7-13-25-22(29)20-10-6-11-20;/h3-5,8-9,18,20-21H,6-7,10-17H2,1-2H3,(H,25,29)(H2,24,26,27);1H. The van der Waals surface area contributed by atoms with Crippen molar-refractivity contribution in [1.82, 2.24) is 20.9 Å². The SMILES string of the molecule is CN=C(NCCCNC(=O)C1CCC1)NC1CCN(Cc2ccccc2)C(C)C1.I. The Kier molecular flexibility index (Phi) is 10.9. The van der Waals surface area contributed by atoms with Gasteiger partial charge in [0, 0.05) is 51.2 Å². The van der Waals surface area contributed by atoms with Crippen molar-refractivity contribution in [3.05, 3.63) is 35.9 Å². The number of carbonyl (C=O) groups is 1. The molecule has 30 heavy (non-hydrogen) atoms. The van der Waals surface area contributed by atoms with E-state index in [4.69, 9.17) is 0 Å². The fourth-order valence-electron chi connectivity index (χ4n) is 4.11. The molecule has 1 aromatic carbocycles. The highest BCUT2D eigenvalue weighted by molar-refractivity contribution is 14.0. The van der Waals surface area contributed by atoms with Gasteiger partial charge >= 0.3 is 0 Å². The number of nitrogens with zero attached hydrogens (tertiary/aromatic N) is 2. The van der Waals surface area contributed by atoms with Crippen molar-refractivity contribution in [2.75, 3.05) is 26.7 Å². The molecule has 6 nitrogen and oxygen atoms in total. The van der Waals surface area contributed by atoms with Crippen molar-refractivity contribution in [1.29, 1.82) is 0 Å². The molecule has 2 aliphatic rings. The molecule has 0 spiro atoms. The van der Waals surface area contributed by atoms with Gasteiger partial charge in [0.05, 0.1) is 0 Å². The fraction of sp³-hybridized carbons (Fsp3) is 0.652.